The van der Waals surface area contributed by atoms with Crippen LogP contribution in [-0.4, -0.2) is 29.6 Å². The third-order valence-corrected chi connectivity index (χ3v) is 4.73. The van der Waals surface area contributed by atoms with E-state index in [0.29, 0.717) is 12.5 Å². The molecule has 2 aromatic carbocycles. The molecule has 1 fully saturated rings. The summed E-state index contributed by atoms with van der Waals surface area (Å²) in [7, 11) is 0. The molecule has 2 heterocycles. The number of nitrogens with zero attached hydrogens (tertiary/aromatic N) is 2. The van der Waals surface area contributed by atoms with Crippen molar-refractivity contribution >= 4 is 0 Å². The summed E-state index contributed by atoms with van der Waals surface area (Å²) in [5.74, 6) is 1.56. The van der Waals surface area contributed by atoms with E-state index in [0.717, 1.165) is 30.0 Å². The second-order valence-electron chi connectivity index (χ2n) is 6.74. The molecule has 1 aliphatic rings. The molecule has 0 bridgehead atoms. The molecule has 4 rings (SSSR count). The number of aromatic nitrogens is 1. The van der Waals surface area contributed by atoms with Gasteiger partial charge in [-0.2, -0.15) is 0 Å². The van der Waals surface area contributed by atoms with Crippen LogP contribution < -0.4 is 4.74 Å². The highest BCUT2D eigenvalue weighted by molar-refractivity contribution is 5.52. The molecule has 3 aromatic rings. The van der Waals surface area contributed by atoms with Gasteiger partial charge in [0.1, 0.15) is 12.0 Å². The molecule has 0 spiro atoms. The van der Waals surface area contributed by atoms with Gasteiger partial charge in [-0.3, -0.25) is 4.90 Å². The Balaban J connectivity index is 1.26. The molecule has 0 radical (unpaired) electrons. The minimum absolute atomic E-state index is 0.590. The lowest BCUT2D eigenvalue weighted by Gasteiger charge is -2.14. The molecule has 4 nitrogen and oxygen atoms in total. The SMILES string of the molecule is c1ccc(-c2nc(CCOc3ccc(CN4CCCC4)cc3)co2)cc1. The lowest BCUT2D eigenvalue weighted by atomic mass is 10.2. The second-order valence-corrected chi connectivity index (χ2v) is 6.74. The standard InChI is InChI=1S/C22H24N2O2/c1-2-6-19(7-3-1)22-23-20(17-26-22)12-15-25-21-10-8-18(9-11-21)16-24-13-4-5-14-24/h1-3,6-11,17H,4-5,12-16H2. The molecule has 4 heteroatoms. The summed E-state index contributed by atoms with van der Waals surface area (Å²) >= 11 is 0. The molecule has 134 valence electrons. The number of ether oxygens (including phenoxy) is 1. The molecule has 1 aromatic heterocycles. The van der Waals surface area contributed by atoms with Crippen molar-refractivity contribution in [3.63, 3.8) is 0 Å². The maximum Gasteiger partial charge on any atom is 0.226 e. The van der Waals surface area contributed by atoms with E-state index in [2.05, 4.69) is 34.1 Å². The van der Waals surface area contributed by atoms with E-state index >= 15 is 0 Å². The van der Waals surface area contributed by atoms with Crippen LogP contribution in [0.15, 0.2) is 65.3 Å². The van der Waals surface area contributed by atoms with Crippen LogP contribution in [0.4, 0.5) is 0 Å². The summed E-state index contributed by atoms with van der Waals surface area (Å²) in [6, 6.07) is 18.4. The summed E-state index contributed by atoms with van der Waals surface area (Å²) in [6.07, 6.45) is 5.10. The van der Waals surface area contributed by atoms with Gasteiger partial charge in [0.25, 0.3) is 0 Å². The Bertz CT molecular complexity index is 806. The molecule has 0 aliphatic carbocycles. The quantitative estimate of drug-likeness (QED) is 0.627. The summed E-state index contributed by atoms with van der Waals surface area (Å²) in [5, 5.41) is 0. The van der Waals surface area contributed by atoms with Crippen molar-refractivity contribution in [3.05, 3.63) is 72.1 Å². The average molecular weight is 348 g/mol. The van der Waals surface area contributed by atoms with Crippen LogP contribution >= 0.6 is 0 Å². The Labute approximate surface area is 154 Å². The van der Waals surface area contributed by atoms with E-state index in [4.69, 9.17) is 9.15 Å². The van der Waals surface area contributed by atoms with Gasteiger partial charge in [-0.05, 0) is 55.8 Å². The highest BCUT2D eigenvalue weighted by Gasteiger charge is 2.11. The Hall–Kier alpha value is -2.59. The van der Waals surface area contributed by atoms with Crippen molar-refractivity contribution in [3.8, 4) is 17.2 Å². The monoisotopic (exact) mass is 348 g/mol. The second kappa shape index (κ2) is 8.19. The van der Waals surface area contributed by atoms with Gasteiger partial charge < -0.3 is 9.15 Å². The minimum atomic E-state index is 0.590. The lowest BCUT2D eigenvalue weighted by molar-refractivity contribution is 0.318. The van der Waals surface area contributed by atoms with Gasteiger partial charge in [0.2, 0.25) is 5.89 Å². The summed E-state index contributed by atoms with van der Waals surface area (Å²) in [5.41, 5.74) is 3.26. The number of oxazole rings is 1. The fourth-order valence-corrected chi connectivity index (χ4v) is 3.30. The maximum atomic E-state index is 5.85. The van der Waals surface area contributed by atoms with Gasteiger partial charge in [-0.15, -0.1) is 0 Å². The van der Waals surface area contributed by atoms with E-state index in [1.807, 2.05) is 30.3 Å². The van der Waals surface area contributed by atoms with Crippen LogP contribution in [0.2, 0.25) is 0 Å². The zero-order chi connectivity index (χ0) is 17.6. The molecule has 0 saturated carbocycles. The molecule has 1 saturated heterocycles. The topological polar surface area (TPSA) is 38.5 Å². The summed E-state index contributed by atoms with van der Waals surface area (Å²) in [4.78, 5) is 7.04. The number of hydrogen-bond donors (Lipinski definition) is 0. The first-order valence-corrected chi connectivity index (χ1v) is 9.31. The Morgan fingerprint density at radius 3 is 2.50 bits per heavy atom. The first-order valence-electron chi connectivity index (χ1n) is 9.31. The van der Waals surface area contributed by atoms with Crippen molar-refractivity contribution in [2.24, 2.45) is 0 Å². The third-order valence-electron chi connectivity index (χ3n) is 4.73. The predicted octanol–water partition coefficient (Wildman–Crippen LogP) is 4.56. The van der Waals surface area contributed by atoms with E-state index < -0.39 is 0 Å². The van der Waals surface area contributed by atoms with Crippen LogP contribution in [0.3, 0.4) is 0 Å². The van der Waals surface area contributed by atoms with E-state index in [1.54, 1.807) is 6.26 Å². The molecule has 0 unspecified atom stereocenters. The summed E-state index contributed by atoms with van der Waals surface area (Å²) in [6.45, 7) is 4.08. The number of rotatable bonds is 7. The molecule has 1 aliphatic heterocycles. The van der Waals surface area contributed by atoms with Gasteiger partial charge in [0, 0.05) is 18.5 Å². The zero-order valence-corrected chi connectivity index (χ0v) is 14.9. The van der Waals surface area contributed by atoms with Gasteiger partial charge >= 0.3 is 0 Å². The van der Waals surface area contributed by atoms with Crippen molar-refractivity contribution in [2.75, 3.05) is 19.7 Å². The van der Waals surface area contributed by atoms with Gasteiger partial charge in [0.05, 0.1) is 12.3 Å². The Morgan fingerprint density at radius 1 is 0.962 bits per heavy atom. The van der Waals surface area contributed by atoms with Gasteiger partial charge in [0.15, 0.2) is 0 Å². The maximum absolute atomic E-state index is 5.85. The molecular weight excluding hydrogens is 324 g/mol. The fourth-order valence-electron chi connectivity index (χ4n) is 3.30. The van der Waals surface area contributed by atoms with Crippen LogP contribution in [-0.2, 0) is 13.0 Å². The number of likely N-dealkylation sites (tertiary alicyclic amines) is 1. The third kappa shape index (κ3) is 4.33. The van der Waals surface area contributed by atoms with Crippen molar-refractivity contribution < 1.29 is 9.15 Å². The zero-order valence-electron chi connectivity index (χ0n) is 14.9. The van der Waals surface area contributed by atoms with E-state index in [-0.39, 0.29) is 0 Å². The summed E-state index contributed by atoms with van der Waals surface area (Å²) < 4.78 is 11.4. The predicted molar refractivity (Wildman–Crippen MR) is 102 cm³/mol. The molecule has 0 N–H and O–H groups in total. The average Bonchev–Trinajstić information content (AvgIpc) is 3.36. The van der Waals surface area contributed by atoms with Crippen molar-refractivity contribution in [2.45, 2.75) is 25.8 Å². The van der Waals surface area contributed by atoms with Crippen molar-refractivity contribution in [1.29, 1.82) is 0 Å². The molecular formula is C22H24N2O2. The van der Waals surface area contributed by atoms with Crippen LogP contribution in [0, 0.1) is 0 Å². The minimum Gasteiger partial charge on any atom is -0.493 e. The molecule has 0 amide bonds. The smallest absolute Gasteiger partial charge is 0.226 e. The van der Waals surface area contributed by atoms with Gasteiger partial charge in [-0.1, -0.05) is 30.3 Å². The molecule has 26 heavy (non-hydrogen) atoms. The normalized spacial score (nSPS) is 14.6. The highest BCUT2D eigenvalue weighted by Crippen LogP contribution is 2.19. The van der Waals surface area contributed by atoms with Crippen LogP contribution in [0.25, 0.3) is 11.5 Å². The van der Waals surface area contributed by atoms with Gasteiger partial charge in [-0.25, -0.2) is 4.98 Å². The first kappa shape index (κ1) is 16.9. The Morgan fingerprint density at radius 2 is 1.73 bits per heavy atom. The first-order chi connectivity index (χ1) is 12.9. The highest BCUT2D eigenvalue weighted by atomic mass is 16.5. The largest absolute Gasteiger partial charge is 0.493 e. The fraction of sp³-hybridized carbons (Fsp3) is 0.318. The van der Waals surface area contributed by atoms with Crippen LogP contribution in [0.5, 0.6) is 5.75 Å². The lowest BCUT2D eigenvalue weighted by Crippen LogP contribution is -2.18. The molecule has 0 atom stereocenters. The van der Waals surface area contributed by atoms with E-state index in [1.165, 1.54) is 31.5 Å². The number of hydrogen-bond acceptors (Lipinski definition) is 4. The Kier molecular flexibility index (Phi) is 5.31. The van der Waals surface area contributed by atoms with E-state index in [9.17, 15) is 0 Å². The van der Waals surface area contributed by atoms with Crippen molar-refractivity contribution in [1.82, 2.24) is 9.88 Å². The van der Waals surface area contributed by atoms with Crippen LogP contribution in [0.1, 0.15) is 24.1 Å². The number of benzene rings is 2.